The number of anilines is 1. The maximum atomic E-state index is 13.8. The molecule has 0 radical (unpaired) electrons. The van der Waals surface area contributed by atoms with Gasteiger partial charge in [-0.2, -0.15) is 5.26 Å². The van der Waals surface area contributed by atoms with E-state index < -0.39 is 17.6 Å². The van der Waals surface area contributed by atoms with Gasteiger partial charge in [0.2, 0.25) is 0 Å². The van der Waals surface area contributed by atoms with Crippen LogP contribution in [-0.2, 0) is 0 Å². The Bertz CT molecular complexity index is 633. The average Bonchev–Trinajstić information content (AvgIpc) is 2.48. The molecule has 1 N–H and O–H groups in total. The van der Waals surface area contributed by atoms with Crippen molar-refractivity contribution in [1.29, 1.82) is 5.26 Å². The molecule has 0 aliphatic heterocycles. The normalized spacial score (nSPS) is 11.7. The summed E-state index contributed by atoms with van der Waals surface area (Å²) in [5, 5.41) is 11.9. The number of nitriles is 1. The molecule has 1 atom stereocenters. The van der Waals surface area contributed by atoms with Gasteiger partial charge in [-0.05, 0) is 24.1 Å². The zero-order chi connectivity index (χ0) is 14.5. The largest absolute Gasteiger partial charge is 0.379 e. The minimum absolute atomic E-state index is 0.151. The first-order valence-corrected chi connectivity index (χ1v) is 6.26. The number of nitrogens with zero attached hydrogens (tertiary/aromatic N) is 1. The molecule has 0 aliphatic carbocycles. The predicted octanol–water partition coefficient (Wildman–Crippen LogP) is 3.99. The highest BCUT2D eigenvalue weighted by atomic mass is 19.1. The SMILES string of the molecule is Cc1ccc(F)c(NCC(C#N)c2ccccc2)c1F. The van der Waals surface area contributed by atoms with Crippen molar-refractivity contribution in [2.75, 3.05) is 11.9 Å². The Balaban J connectivity index is 2.16. The van der Waals surface area contributed by atoms with Gasteiger partial charge < -0.3 is 5.32 Å². The first-order valence-electron chi connectivity index (χ1n) is 6.26. The fourth-order valence-corrected chi connectivity index (χ4v) is 1.95. The van der Waals surface area contributed by atoms with Gasteiger partial charge >= 0.3 is 0 Å². The molecule has 0 bridgehead atoms. The van der Waals surface area contributed by atoms with Crippen LogP contribution in [0.3, 0.4) is 0 Å². The molecule has 0 spiro atoms. The van der Waals surface area contributed by atoms with Crippen molar-refractivity contribution in [2.45, 2.75) is 12.8 Å². The molecule has 2 aromatic carbocycles. The van der Waals surface area contributed by atoms with Crippen molar-refractivity contribution in [2.24, 2.45) is 0 Å². The highest BCUT2D eigenvalue weighted by molar-refractivity contribution is 5.49. The minimum atomic E-state index is -0.655. The van der Waals surface area contributed by atoms with Crippen LogP contribution in [0.2, 0.25) is 0 Å². The minimum Gasteiger partial charge on any atom is -0.379 e. The number of hydrogen-bond acceptors (Lipinski definition) is 2. The Labute approximate surface area is 116 Å². The van der Waals surface area contributed by atoms with Gasteiger partial charge in [-0.25, -0.2) is 8.78 Å². The molecular weight excluding hydrogens is 258 g/mol. The zero-order valence-corrected chi connectivity index (χ0v) is 11.0. The molecule has 0 heterocycles. The van der Waals surface area contributed by atoms with Crippen LogP contribution in [0.4, 0.5) is 14.5 Å². The Morgan fingerprint density at radius 3 is 2.50 bits per heavy atom. The summed E-state index contributed by atoms with van der Waals surface area (Å²) < 4.78 is 27.4. The van der Waals surface area contributed by atoms with Gasteiger partial charge in [0.15, 0.2) is 5.82 Å². The molecule has 1 unspecified atom stereocenters. The maximum Gasteiger partial charge on any atom is 0.152 e. The molecule has 2 rings (SSSR count). The van der Waals surface area contributed by atoms with Gasteiger partial charge in [-0.3, -0.25) is 0 Å². The quantitative estimate of drug-likeness (QED) is 0.913. The third-order valence-electron chi connectivity index (χ3n) is 3.12. The van der Waals surface area contributed by atoms with Crippen LogP contribution in [0.1, 0.15) is 17.0 Å². The van der Waals surface area contributed by atoms with E-state index >= 15 is 0 Å². The number of nitrogens with one attached hydrogen (secondary N) is 1. The van der Waals surface area contributed by atoms with E-state index in [9.17, 15) is 14.0 Å². The smallest absolute Gasteiger partial charge is 0.152 e. The average molecular weight is 272 g/mol. The molecule has 102 valence electrons. The van der Waals surface area contributed by atoms with Crippen LogP contribution in [0.15, 0.2) is 42.5 Å². The predicted molar refractivity (Wildman–Crippen MR) is 74.4 cm³/mol. The second kappa shape index (κ2) is 6.16. The van der Waals surface area contributed by atoms with Crippen LogP contribution in [0, 0.1) is 29.9 Å². The van der Waals surface area contributed by atoms with Crippen molar-refractivity contribution in [3.63, 3.8) is 0 Å². The van der Waals surface area contributed by atoms with Gasteiger partial charge in [0, 0.05) is 6.54 Å². The summed E-state index contributed by atoms with van der Waals surface area (Å²) in [5.41, 5.74) is 0.999. The molecule has 20 heavy (non-hydrogen) atoms. The third-order valence-corrected chi connectivity index (χ3v) is 3.12. The lowest BCUT2D eigenvalue weighted by atomic mass is 10.0. The Hall–Kier alpha value is -2.41. The van der Waals surface area contributed by atoms with Crippen LogP contribution in [-0.4, -0.2) is 6.54 Å². The molecule has 0 saturated carbocycles. The molecule has 0 fully saturated rings. The van der Waals surface area contributed by atoms with Crippen molar-refractivity contribution >= 4 is 5.69 Å². The molecule has 2 aromatic rings. The van der Waals surface area contributed by atoms with Crippen molar-refractivity contribution in [3.8, 4) is 6.07 Å². The van der Waals surface area contributed by atoms with Gasteiger partial charge in [0.1, 0.15) is 11.5 Å². The second-order valence-corrected chi connectivity index (χ2v) is 4.53. The summed E-state index contributed by atoms with van der Waals surface area (Å²) in [7, 11) is 0. The monoisotopic (exact) mass is 272 g/mol. The zero-order valence-electron chi connectivity index (χ0n) is 11.0. The topological polar surface area (TPSA) is 35.8 Å². The third kappa shape index (κ3) is 2.94. The number of hydrogen-bond donors (Lipinski definition) is 1. The first kappa shape index (κ1) is 14.0. The lowest BCUT2D eigenvalue weighted by Crippen LogP contribution is -2.13. The Morgan fingerprint density at radius 1 is 1.15 bits per heavy atom. The second-order valence-electron chi connectivity index (χ2n) is 4.53. The number of aryl methyl sites for hydroxylation is 1. The van der Waals surface area contributed by atoms with Gasteiger partial charge in [0.25, 0.3) is 0 Å². The maximum absolute atomic E-state index is 13.8. The number of halogens is 2. The summed E-state index contributed by atoms with van der Waals surface area (Å²) in [5.74, 6) is -1.73. The lowest BCUT2D eigenvalue weighted by molar-refractivity contribution is 0.581. The standard InChI is InChI=1S/C16H14F2N2/c1-11-7-8-14(17)16(15(11)18)20-10-13(9-19)12-5-3-2-4-6-12/h2-8,13,20H,10H2,1H3. The van der Waals surface area contributed by atoms with E-state index in [1.54, 1.807) is 6.92 Å². The van der Waals surface area contributed by atoms with E-state index in [0.29, 0.717) is 5.56 Å². The van der Waals surface area contributed by atoms with Crippen LogP contribution >= 0.6 is 0 Å². The fraction of sp³-hybridized carbons (Fsp3) is 0.188. The molecule has 0 aromatic heterocycles. The van der Waals surface area contributed by atoms with E-state index in [1.807, 2.05) is 30.3 Å². The summed E-state index contributed by atoms with van der Waals surface area (Å²) >= 11 is 0. The molecule has 0 saturated heterocycles. The lowest BCUT2D eigenvalue weighted by Gasteiger charge is -2.14. The van der Waals surface area contributed by atoms with Gasteiger partial charge in [-0.15, -0.1) is 0 Å². The van der Waals surface area contributed by atoms with Crippen molar-refractivity contribution in [1.82, 2.24) is 0 Å². The van der Waals surface area contributed by atoms with Crippen molar-refractivity contribution in [3.05, 3.63) is 65.2 Å². The highest BCUT2D eigenvalue weighted by Gasteiger charge is 2.15. The van der Waals surface area contributed by atoms with Gasteiger partial charge in [0.05, 0.1) is 12.0 Å². The van der Waals surface area contributed by atoms with E-state index in [-0.39, 0.29) is 12.2 Å². The van der Waals surface area contributed by atoms with E-state index in [2.05, 4.69) is 11.4 Å². The number of benzene rings is 2. The number of rotatable bonds is 4. The summed E-state index contributed by atoms with van der Waals surface area (Å²) in [6, 6.07) is 13.9. The van der Waals surface area contributed by atoms with E-state index in [0.717, 1.165) is 5.56 Å². The van der Waals surface area contributed by atoms with E-state index in [1.165, 1.54) is 12.1 Å². The molecule has 2 nitrogen and oxygen atoms in total. The van der Waals surface area contributed by atoms with E-state index in [4.69, 9.17) is 0 Å². The highest BCUT2D eigenvalue weighted by Crippen LogP contribution is 2.23. The molecular formula is C16H14F2N2. The Morgan fingerprint density at radius 2 is 1.85 bits per heavy atom. The summed E-state index contributed by atoms with van der Waals surface area (Å²) in [6.07, 6.45) is 0. The molecule has 0 aliphatic rings. The summed E-state index contributed by atoms with van der Waals surface area (Å²) in [6.45, 7) is 1.72. The fourth-order valence-electron chi connectivity index (χ4n) is 1.95. The van der Waals surface area contributed by atoms with Gasteiger partial charge in [-0.1, -0.05) is 36.4 Å². The van der Waals surface area contributed by atoms with Crippen LogP contribution in [0.25, 0.3) is 0 Å². The summed E-state index contributed by atoms with van der Waals surface area (Å²) in [4.78, 5) is 0. The molecule has 0 amide bonds. The Kier molecular flexibility index (Phi) is 4.31. The first-order chi connectivity index (χ1) is 9.63. The molecule has 4 heteroatoms. The van der Waals surface area contributed by atoms with Crippen LogP contribution < -0.4 is 5.32 Å². The van der Waals surface area contributed by atoms with Crippen molar-refractivity contribution < 1.29 is 8.78 Å². The van der Waals surface area contributed by atoms with Crippen LogP contribution in [0.5, 0.6) is 0 Å².